The number of carbonyl (C=O) groups excluding carboxylic acids is 3. The number of carbonyl (C=O) groups is 3. The minimum Gasteiger partial charge on any atom is -0.372 e. The lowest BCUT2D eigenvalue weighted by molar-refractivity contribution is -0.127. The third kappa shape index (κ3) is 4.35. The van der Waals surface area contributed by atoms with E-state index in [1.807, 2.05) is 49.4 Å². The lowest BCUT2D eigenvalue weighted by Crippen LogP contribution is -2.38. The molecule has 0 aliphatic carbocycles. The van der Waals surface area contributed by atoms with Crippen LogP contribution in [0.3, 0.4) is 0 Å². The fourth-order valence-electron chi connectivity index (χ4n) is 3.71. The normalized spacial score (nSPS) is 17.6. The summed E-state index contributed by atoms with van der Waals surface area (Å²) in [6.45, 7) is 3.70. The minimum atomic E-state index is -0.598. The van der Waals surface area contributed by atoms with Gasteiger partial charge in [0.2, 0.25) is 5.91 Å². The zero-order chi connectivity index (χ0) is 21.1. The maximum absolute atomic E-state index is 12.6. The number of benzene rings is 2. The highest BCUT2D eigenvalue weighted by Crippen LogP contribution is 2.22. The van der Waals surface area contributed by atoms with Crippen LogP contribution in [-0.4, -0.2) is 42.4 Å². The Balaban J connectivity index is 1.41. The maximum Gasteiger partial charge on any atom is 0.329 e. The second-order valence-electron chi connectivity index (χ2n) is 7.58. The summed E-state index contributed by atoms with van der Waals surface area (Å²) in [5.41, 5.74) is 3.76. The number of nitrogens with zero attached hydrogens (tertiary/aromatic N) is 2. The van der Waals surface area contributed by atoms with Crippen LogP contribution in [0.2, 0.25) is 0 Å². The first-order valence-corrected chi connectivity index (χ1v) is 10.1. The van der Waals surface area contributed by atoms with Crippen molar-refractivity contribution in [3.05, 3.63) is 65.4 Å². The van der Waals surface area contributed by atoms with Crippen LogP contribution in [0.15, 0.2) is 54.2 Å². The predicted molar refractivity (Wildman–Crippen MR) is 116 cm³/mol. The van der Waals surface area contributed by atoms with Gasteiger partial charge in [-0.1, -0.05) is 24.3 Å². The number of hydrogen-bond donors (Lipinski definition) is 2. The quantitative estimate of drug-likeness (QED) is 0.593. The van der Waals surface area contributed by atoms with Crippen LogP contribution in [0.25, 0.3) is 6.08 Å². The average molecular weight is 404 g/mol. The third-order valence-corrected chi connectivity index (χ3v) is 5.24. The SMILES string of the molecule is Cc1cccc(NC(=O)CN2C(=O)NC(=Cc3ccc(N4CCCC4)cc3)C2=O)c1. The topological polar surface area (TPSA) is 81.8 Å². The van der Waals surface area contributed by atoms with Gasteiger partial charge in [0.25, 0.3) is 5.91 Å². The monoisotopic (exact) mass is 404 g/mol. The molecule has 0 spiro atoms. The molecule has 2 aromatic carbocycles. The molecule has 7 nitrogen and oxygen atoms in total. The zero-order valence-electron chi connectivity index (χ0n) is 16.9. The second kappa shape index (κ2) is 8.41. The van der Waals surface area contributed by atoms with Gasteiger partial charge in [-0.3, -0.25) is 9.59 Å². The van der Waals surface area contributed by atoms with Crippen LogP contribution in [0.4, 0.5) is 16.2 Å². The van der Waals surface area contributed by atoms with Gasteiger partial charge < -0.3 is 15.5 Å². The first-order chi connectivity index (χ1) is 14.5. The van der Waals surface area contributed by atoms with E-state index < -0.39 is 17.8 Å². The number of aryl methyl sites for hydroxylation is 1. The van der Waals surface area contributed by atoms with Crippen molar-refractivity contribution in [1.82, 2.24) is 10.2 Å². The Labute approximate surface area is 175 Å². The first kappa shape index (κ1) is 19.7. The molecule has 2 aromatic rings. The van der Waals surface area contributed by atoms with Crippen LogP contribution >= 0.6 is 0 Å². The molecular weight excluding hydrogens is 380 g/mol. The van der Waals surface area contributed by atoms with Gasteiger partial charge in [0.05, 0.1) is 0 Å². The minimum absolute atomic E-state index is 0.164. The van der Waals surface area contributed by atoms with Crippen molar-refractivity contribution >= 4 is 35.3 Å². The molecule has 2 heterocycles. The number of amides is 4. The lowest BCUT2D eigenvalue weighted by atomic mass is 10.1. The standard InChI is InChI=1S/C23H24N4O3/c1-16-5-4-6-18(13-16)24-21(28)15-27-22(29)20(25-23(27)30)14-17-7-9-19(10-8-17)26-11-2-3-12-26/h4-10,13-14H,2-3,11-12,15H2,1H3,(H,24,28)(H,25,30). The molecule has 4 rings (SSSR count). The van der Waals surface area contributed by atoms with Gasteiger partial charge in [-0.2, -0.15) is 0 Å². The molecule has 0 saturated carbocycles. The summed E-state index contributed by atoms with van der Waals surface area (Å²) in [5, 5.41) is 5.27. The van der Waals surface area contributed by atoms with E-state index in [1.165, 1.54) is 12.8 Å². The van der Waals surface area contributed by atoms with Gasteiger partial charge in [0.1, 0.15) is 12.2 Å². The molecule has 2 aliphatic heterocycles. The first-order valence-electron chi connectivity index (χ1n) is 10.1. The number of urea groups is 1. The highest BCUT2D eigenvalue weighted by molar-refractivity contribution is 6.15. The molecular formula is C23H24N4O3. The Morgan fingerprint density at radius 2 is 1.83 bits per heavy atom. The molecule has 154 valence electrons. The summed E-state index contributed by atoms with van der Waals surface area (Å²) in [5.74, 6) is -0.941. The molecule has 7 heteroatoms. The molecule has 4 amide bonds. The molecule has 2 fully saturated rings. The third-order valence-electron chi connectivity index (χ3n) is 5.24. The van der Waals surface area contributed by atoms with Crippen LogP contribution in [0, 0.1) is 6.92 Å². The van der Waals surface area contributed by atoms with E-state index in [-0.39, 0.29) is 12.2 Å². The molecule has 0 bridgehead atoms. The van der Waals surface area contributed by atoms with Crippen molar-refractivity contribution in [2.75, 3.05) is 29.9 Å². The van der Waals surface area contributed by atoms with Crippen LogP contribution < -0.4 is 15.5 Å². The van der Waals surface area contributed by atoms with E-state index in [0.717, 1.165) is 34.8 Å². The highest BCUT2D eigenvalue weighted by Gasteiger charge is 2.34. The zero-order valence-corrected chi connectivity index (χ0v) is 16.9. The van der Waals surface area contributed by atoms with Gasteiger partial charge in [0.15, 0.2) is 0 Å². The number of nitrogens with one attached hydrogen (secondary N) is 2. The van der Waals surface area contributed by atoms with Gasteiger partial charge in [-0.15, -0.1) is 0 Å². The van der Waals surface area contributed by atoms with Gasteiger partial charge >= 0.3 is 6.03 Å². The van der Waals surface area contributed by atoms with Gasteiger partial charge in [-0.05, 0) is 61.2 Å². The highest BCUT2D eigenvalue weighted by atomic mass is 16.2. The molecule has 0 aromatic heterocycles. The van der Waals surface area contributed by atoms with E-state index in [4.69, 9.17) is 0 Å². The molecule has 2 N–H and O–H groups in total. The van der Waals surface area contributed by atoms with Gasteiger partial charge in [0, 0.05) is 24.5 Å². The average Bonchev–Trinajstić information content (AvgIpc) is 3.34. The Morgan fingerprint density at radius 1 is 1.10 bits per heavy atom. The Hall–Kier alpha value is -3.61. The molecule has 2 saturated heterocycles. The fraction of sp³-hybridized carbons (Fsp3) is 0.261. The summed E-state index contributed by atoms with van der Waals surface area (Å²) in [7, 11) is 0. The Bertz CT molecular complexity index is 1010. The molecule has 2 aliphatic rings. The van der Waals surface area contributed by atoms with E-state index in [9.17, 15) is 14.4 Å². The smallest absolute Gasteiger partial charge is 0.329 e. The maximum atomic E-state index is 12.6. The van der Waals surface area contributed by atoms with E-state index >= 15 is 0 Å². The predicted octanol–water partition coefficient (Wildman–Crippen LogP) is 3.13. The number of imide groups is 1. The van der Waals surface area contributed by atoms with Crippen molar-refractivity contribution in [2.24, 2.45) is 0 Å². The van der Waals surface area contributed by atoms with Crippen molar-refractivity contribution in [3.8, 4) is 0 Å². The van der Waals surface area contributed by atoms with E-state index in [2.05, 4.69) is 15.5 Å². The number of hydrogen-bond acceptors (Lipinski definition) is 4. The summed E-state index contributed by atoms with van der Waals surface area (Å²) in [4.78, 5) is 40.4. The van der Waals surface area contributed by atoms with Gasteiger partial charge in [-0.25, -0.2) is 9.69 Å². The molecule has 30 heavy (non-hydrogen) atoms. The summed E-state index contributed by atoms with van der Waals surface area (Å²) in [6.07, 6.45) is 4.05. The lowest BCUT2D eigenvalue weighted by Gasteiger charge is -2.17. The number of anilines is 2. The number of rotatable bonds is 5. The van der Waals surface area contributed by atoms with Crippen molar-refractivity contribution in [2.45, 2.75) is 19.8 Å². The van der Waals surface area contributed by atoms with Crippen molar-refractivity contribution in [3.63, 3.8) is 0 Å². The Morgan fingerprint density at radius 3 is 2.53 bits per heavy atom. The van der Waals surface area contributed by atoms with Crippen LogP contribution in [0.1, 0.15) is 24.0 Å². The molecule has 0 unspecified atom stereocenters. The fourth-order valence-corrected chi connectivity index (χ4v) is 3.71. The summed E-state index contributed by atoms with van der Waals surface area (Å²) >= 11 is 0. The largest absolute Gasteiger partial charge is 0.372 e. The summed E-state index contributed by atoms with van der Waals surface area (Å²) in [6, 6.07) is 14.6. The molecule has 0 atom stereocenters. The van der Waals surface area contributed by atoms with E-state index in [1.54, 1.807) is 12.1 Å². The van der Waals surface area contributed by atoms with E-state index in [0.29, 0.717) is 5.69 Å². The Kier molecular flexibility index (Phi) is 5.52. The second-order valence-corrected chi connectivity index (χ2v) is 7.58. The van der Waals surface area contributed by atoms with Crippen molar-refractivity contribution in [1.29, 1.82) is 0 Å². The van der Waals surface area contributed by atoms with Crippen LogP contribution in [0.5, 0.6) is 0 Å². The van der Waals surface area contributed by atoms with Crippen LogP contribution in [-0.2, 0) is 9.59 Å². The molecule has 0 radical (unpaired) electrons. The summed E-state index contributed by atoms with van der Waals surface area (Å²) < 4.78 is 0. The van der Waals surface area contributed by atoms with Crippen molar-refractivity contribution < 1.29 is 14.4 Å².